The van der Waals surface area contributed by atoms with Gasteiger partial charge in [-0.2, -0.15) is 5.26 Å². The highest BCUT2D eigenvalue weighted by molar-refractivity contribution is 7.19. The first kappa shape index (κ1) is 11.7. The molecule has 0 amide bonds. The molecule has 0 saturated carbocycles. The van der Waals surface area contributed by atoms with Crippen LogP contribution in [0.3, 0.4) is 0 Å². The summed E-state index contributed by atoms with van der Waals surface area (Å²) in [6, 6.07) is 14.1. The molecule has 2 aromatic heterocycles. The van der Waals surface area contributed by atoms with E-state index in [4.69, 9.17) is 0 Å². The van der Waals surface area contributed by atoms with Crippen LogP contribution in [0.4, 0.5) is 0 Å². The number of fused-ring (bicyclic) bond motifs is 1. The van der Waals surface area contributed by atoms with E-state index in [0.717, 1.165) is 20.9 Å². The Balaban J connectivity index is 2.10. The topological polar surface area (TPSA) is 41.6 Å². The van der Waals surface area contributed by atoms with E-state index in [1.807, 2.05) is 60.3 Å². The van der Waals surface area contributed by atoms with E-state index in [1.54, 1.807) is 11.3 Å². The third-order valence-corrected chi connectivity index (χ3v) is 3.99. The minimum atomic E-state index is 0.600. The molecule has 0 fully saturated rings. The van der Waals surface area contributed by atoms with Crippen molar-refractivity contribution in [2.75, 3.05) is 0 Å². The molecule has 3 nitrogen and oxygen atoms in total. The van der Waals surface area contributed by atoms with Crippen LogP contribution in [0.2, 0.25) is 0 Å². The van der Waals surface area contributed by atoms with Crippen molar-refractivity contribution in [2.45, 2.75) is 0 Å². The average Bonchev–Trinajstić information content (AvgIpc) is 3.02. The van der Waals surface area contributed by atoms with Crippen LogP contribution in [-0.2, 0) is 7.05 Å². The summed E-state index contributed by atoms with van der Waals surface area (Å²) >= 11 is 1.55. The molecule has 19 heavy (non-hydrogen) atoms. The third kappa shape index (κ3) is 2.16. The van der Waals surface area contributed by atoms with Crippen LogP contribution in [0.15, 0.2) is 42.6 Å². The Morgan fingerprint density at radius 3 is 2.84 bits per heavy atom. The quantitative estimate of drug-likeness (QED) is 0.663. The van der Waals surface area contributed by atoms with E-state index < -0.39 is 0 Å². The molecule has 0 aliphatic heterocycles. The smallest absolute Gasteiger partial charge is 0.135 e. The highest BCUT2D eigenvalue weighted by atomic mass is 32.1. The van der Waals surface area contributed by atoms with Crippen molar-refractivity contribution in [3.8, 4) is 6.07 Å². The Labute approximate surface area is 115 Å². The molecule has 0 spiro atoms. The largest absolute Gasteiger partial charge is 0.351 e. The van der Waals surface area contributed by atoms with Gasteiger partial charge in [-0.3, -0.25) is 0 Å². The number of hydrogen-bond acceptors (Lipinski definition) is 3. The lowest BCUT2D eigenvalue weighted by molar-refractivity contribution is 0.915. The van der Waals surface area contributed by atoms with E-state index in [-0.39, 0.29) is 0 Å². The first-order valence-electron chi connectivity index (χ1n) is 5.87. The van der Waals surface area contributed by atoms with Crippen LogP contribution >= 0.6 is 11.3 Å². The van der Waals surface area contributed by atoms with Gasteiger partial charge in [0.25, 0.3) is 0 Å². The van der Waals surface area contributed by atoms with Gasteiger partial charge in [-0.25, -0.2) is 4.98 Å². The number of aryl methyl sites for hydroxylation is 1. The molecule has 0 saturated heterocycles. The van der Waals surface area contributed by atoms with Crippen molar-refractivity contribution >= 4 is 33.2 Å². The van der Waals surface area contributed by atoms with E-state index in [1.165, 1.54) is 0 Å². The second kappa shape index (κ2) is 4.71. The maximum Gasteiger partial charge on any atom is 0.135 e. The lowest BCUT2D eigenvalue weighted by atomic mass is 10.2. The van der Waals surface area contributed by atoms with Gasteiger partial charge in [-0.15, -0.1) is 11.3 Å². The van der Waals surface area contributed by atoms with Gasteiger partial charge < -0.3 is 4.57 Å². The Kier molecular flexibility index (Phi) is 2.90. The van der Waals surface area contributed by atoms with Crippen molar-refractivity contribution in [3.63, 3.8) is 0 Å². The SMILES string of the molecule is Cn1cccc1/C=C(\C#N)c1nc2ccccc2s1. The first-order chi connectivity index (χ1) is 9.28. The molecule has 3 aromatic rings. The van der Waals surface area contributed by atoms with Gasteiger partial charge in [0.05, 0.1) is 15.8 Å². The minimum absolute atomic E-state index is 0.600. The summed E-state index contributed by atoms with van der Waals surface area (Å²) in [4.78, 5) is 4.51. The zero-order chi connectivity index (χ0) is 13.2. The number of rotatable bonds is 2. The summed E-state index contributed by atoms with van der Waals surface area (Å²) in [5.41, 5.74) is 2.54. The van der Waals surface area contributed by atoms with Gasteiger partial charge >= 0.3 is 0 Å². The van der Waals surface area contributed by atoms with Crippen LogP contribution in [0, 0.1) is 11.3 Å². The van der Waals surface area contributed by atoms with Gasteiger partial charge in [0.15, 0.2) is 0 Å². The van der Waals surface area contributed by atoms with Gasteiger partial charge in [0, 0.05) is 18.9 Å². The molecule has 0 unspecified atom stereocenters. The van der Waals surface area contributed by atoms with Crippen molar-refractivity contribution in [1.29, 1.82) is 5.26 Å². The monoisotopic (exact) mass is 265 g/mol. The fourth-order valence-corrected chi connectivity index (χ4v) is 2.83. The number of para-hydroxylation sites is 1. The number of nitrogens with zero attached hydrogens (tertiary/aromatic N) is 3. The molecule has 0 aliphatic carbocycles. The number of aromatic nitrogens is 2. The van der Waals surface area contributed by atoms with Crippen molar-refractivity contribution < 1.29 is 0 Å². The summed E-state index contributed by atoms with van der Waals surface area (Å²) in [7, 11) is 1.96. The normalized spacial score (nSPS) is 11.7. The highest BCUT2D eigenvalue weighted by Gasteiger charge is 2.08. The highest BCUT2D eigenvalue weighted by Crippen LogP contribution is 2.27. The zero-order valence-electron chi connectivity index (χ0n) is 10.4. The van der Waals surface area contributed by atoms with E-state index >= 15 is 0 Å². The number of benzene rings is 1. The number of allylic oxidation sites excluding steroid dienone is 1. The van der Waals surface area contributed by atoms with Gasteiger partial charge in [-0.1, -0.05) is 12.1 Å². The van der Waals surface area contributed by atoms with Crippen LogP contribution in [0.1, 0.15) is 10.7 Å². The average molecular weight is 265 g/mol. The van der Waals surface area contributed by atoms with E-state index in [2.05, 4.69) is 11.1 Å². The zero-order valence-corrected chi connectivity index (χ0v) is 11.2. The molecule has 1 aromatic carbocycles. The standard InChI is InChI=1S/C15H11N3S/c1-18-8-4-5-12(18)9-11(10-16)15-17-13-6-2-3-7-14(13)19-15/h2-9H,1H3/b11-9+. The first-order valence-corrected chi connectivity index (χ1v) is 6.68. The van der Waals surface area contributed by atoms with E-state index in [0.29, 0.717) is 5.57 Å². The molecule has 0 bridgehead atoms. The maximum absolute atomic E-state index is 9.33. The molecule has 92 valence electrons. The lowest BCUT2D eigenvalue weighted by Gasteiger charge is -1.97. The predicted molar refractivity (Wildman–Crippen MR) is 78.5 cm³/mol. The molecule has 0 aliphatic rings. The fraction of sp³-hybridized carbons (Fsp3) is 0.0667. The maximum atomic E-state index is 9.33. The summed E-state index contributed by atoms with van der Waals surface area (Å²) in [5.74, 6) is 0. The van der Waals surface area contributed by atoms with Gasteiger partial charge in [0.1, 0.15) is 11.1 Å². The third-order valence-electron chi connectivity index (χ3n) is 2.92. The lowest BCUT2D eigenvalue weighted by Crippen LogP contribution is -1.88. The molecular weight excluding hydrogens is 254 g/mol. The van der Waals surface area contributed by atoms with Gasteiger partial charge in [-0.05, 0) is 30.3 Å². The molecule has 0 N–H and O–H groups in total. The van der Waals surface area contributed by atoms with Gasteiger partial charge in [0.2, 0.25) is 0 Å². The summed E-state index contributed by atoms with van der Waals surface area (Å²) in [5, 5.41) is 10.1. The van der Waals surface area contributed by atoms with Crippen molar-refractivity contribution in [3.05, 3.63) is 53.3 Å². The number of hydrogen-bond donors (Lipinski definition) is 0. The molecule has 3 rings (SSSR count). The molecule has 0 radical (unpaired) electrons. The second-order valence-electron chi connectivity index (χ2n) is 4.20. The molecule has 0 atom stereocenters. The van der Waals surface area contributed by atoms with Crippen LogP contribution < -0.4 is 0 Å². The fourth-order valence-electron chi connectivity index (χ4n) is 1.90. The summed E-state index contributed by atoms with van der Waals surface area (Å²) in [6.07, 6.45) is 3.83. The van der Waals surface area contributed by atoms with Crippen molar-refractivity contribution in [1.82, 2.24) is 9.55 Å². The number of thiazole rings is 1. The second-order valence-corrected chi connectivity index (χ2v) is 5.23. The Morgan fingerprint density at radius 1 is 1.32 bits per heavy atom. The Bertz CT molecular complexity index is 769. The summed E-state index contributed by atoms with van der Waals surface area (Å²) < 4.78 is 3.08. The molecular formula is C15H11N3S. The molecule has 4 heteroatoms. The number of nitriles is 1. The van der Waals surface area contributed by atoms with E-state index in [9.17, 15) is 5.26 Å². The van der Waals surface area contributed by atoms with Crippen molar-refractivity contribution in [2.24, 2.45) is 7.05 Å². The van der Waals surface area contributed by atoms with Crippen LogP contribution in [0.5, 0.6) is 0 Å². The van der Waals surface area contributed by atoms with Crippen LogP contribution in [0.25, 0.3) is 21.9 Å². The Morgan fingerprint density at radius 2 is 2.16 bits per heavy atom. The Hall–Kier alpha value is -2.38. The van der Waals surface area contributed by atoms with Crippen LogP contribution in [-0.4, -0.2) is 9.55 Å². The summed E-state index contributed by atoms with van der Waals surface area (Å²) in [6.45, 7) is 0. The minimum Gasteiger partial charge on any atom is -0.351 e. The predicted octanol–water partition coefficient (Wildman–Crippen LogP) is 3.70. The molecule has 2 heterocycles.